The van der Waals surface area contributed by atoms with Gasteiger partial charge in [0, 0.05) is 25.1 Å². The Morgan fingerprint density at radius 1 is 1.35 bits per heavy atom. The summed E-state index contributed by atoms with van der Waals surface area (Å²) in [6.07, 6.45) is 0.403. The molecule has 0 aliphatic heterocycles. The number of aromatic nitrogens is 1. The lowest BCUT2D eigenvalue weighted by molar-refractivity contribution is -0.116. The molecule has 0 aliphatic carbocycles. The van der Waals surface area contributed by atoms with E-state index in [1.807, 2.05) is 6.07 Å². The fourth-order valence-corrected chi connectivity index (χ4v) is 2.65. The lowest BCUT2D eigenvalue weighted by atomic mass is 10.2. The lowest BCUT2D eigenvalue weighted by Crippen LogP contribution is -2.09. The Kier molecular flexibility index (Phi) is 4.19. The lowest BCUT2D eigenvalue weighted by Gasteiger charge is -2.06. The highest BCUT2D eigenvalue weighted by molar-refractivity contribution is 7.22. The molecule has 0 radical (unpaired) electrons. The van der Waals surface area contributed by atoms with Crippen molar-refractivity contribution in [3.8, 4) is 5.75 Å². The number of hydrogen-bond acceptors (Lipinski definition) is 5. The van der Waals surface area contributed by atoms with E-state index in [4.69, 9.17) is 4.74 Å². The molecule has 1 aromatic heterocycles. The second-order valence-electron chi connectivity index (χ2n) is 4.13. The molecular formula is C13H15N3O3S. The van der Waals surface area contributed by atoms with E-state index >= 15 is 0 Å². The van der Waals surface area contributed by atoms with Gasteiger partial charge in [0.25, 0.3) is 0 Å². The molecule has 2 rings (SSSR count). The second kappa shape index (κ2) is 5.87. The number of thiazole rings is 1. The molecule has 0 saturated carbocycles. The topological polar surface area (TPSA) is 80.3 Å². The van der Waals surface area contributed by atoms with E-state index in [0.29, 0.717) is 28.5 Å². The van der Waals surface area contributed by atoms with Crippen LogP contribution in [0.4, 0.5) is 10.8 Å². The Labute approximate surface area is 120 Å². The number of hydrogen-bond donors (Lipinski definition) is 2. The van der Waals surface area contributed by atoms with Gasteiger partial charge in [-0.2, -0.15) is 0 Å². The van der Waals surface area contributed by atoms with Gasteiger partial charge < -0.3 is 15.4 Å². The number of rotatable bonds is 4. The third kappa shape index (κ3) is 3.05. The molecule has 2 amide bonds. The first-order valence-electron chi connectivity index (χ1n) is 6.09. The van der Waals surface area contributed by atoms with Crippen molar-refractivity contribution in [1.29, 1.82) is 0 Å². The number of benzene rings is 1. The molecule has 0 saturated heterocycles. The van der Waals surface area contributed by atoms with E-state index in [2.05, 4.69) is 15.6 Å². The largest absolute Gasteiger partial charge is 0.494 e. The maximum atomic E-state index is 11.4. The smallest absolute Gasteiger partial charge is 0.224 e. The molecule has 106 valence electrons. The number of carbonyl (C=O) groups excluding carboxylic acids is 2. The molecule has 1 heterocycles. The summed E-state index contributed by atoms with van der Waals surface area (Å²) in [4.78, 5) is 26.8. The first-order chi connectivity index (χ1) is 9.53. The first-order valence-corrected chi connectivity index (χ1v) is 6.91. The van der Waals surface area contributed by atoms with Crippen molar-refractivity contribution in [2.24, 2.45) is 0 Å². The maximum Gasteiger partial charge on any atom is 0.224 e. The quantitative estimate of drug-likeness (QED) is 0.908. The van der Waals surface area contributed by atoms with Gasteiger partial charge in [-0.15, -0.1) is 0 Å². The standard InChI is InChI=1S/C13H15N3O3S/c1-4-11(18)15-8-5-9(19-3)12-10(6-8)20-13(16-12)14-7(2)17/h5-6H,4H2,1-3H3,(H,15,18)(H,14,16,17). The van der Waals surface area contributed by atoms with Crippen molar-refractivity contribution in [3.63, 3.8) is 0 Å². The van der Waals surface area contributed by atoms with Crippen LogP contribution in [0.1, 0.15) is 20.3 Å². The minimum Gasteiger partial charge on any atom is -0.494 e. The van der Waals surface area contributed by atoms with Crippen molar-refractivity contribution in [1.82, 2.24) is 4.98 Å². The Bertz CT molecular complexity index is 666. The summed E-state index contributed by atoms with van der Waals surface area (Å²) < 4.78 is 6.11. The molecule has 0 aliphatic rings. The van der Waals surface area contributed by atoms with Gasteiger partial charge in [0.1, 0.15) is 11.3 Å². The van der Waals surface area contributed by atoms with Crippen molar-refractivity contribution in [2.45, 2.75) is 20.3 Å². The van der Waals surface area contributed by atoms with Gasteiger partial charge in [-0.1, -0.05) is 18.3 Å². The molecule has 1 aromatic carbocycles. The summed E-state index contributed by atoms with van der Waals surface area (Å²) in [6, 6.07) is 3.53. The fourth-order valence-electron chi connectivity index (χ4n) is 1.68. The zero-order chi connectivity index (χ0) is 14.7. The van der Waals surface area contributed by atoms with Crippen LogP contribution < -0.4 is 15.4 Å². The van der Waals surface area contributed by atoms with Crippen LogP contribution in [0.15, 0.2) is 12.1 Å². The predicted octanol–water partition coefficient (Wildman–Crippen LogP) is 2.61. The molecule has 6 nitrogen and oxygen atoms in total. The van der Waals surface area contributed by atoms with E-state index in [9.17, 15) is 9.59 Å². The van der Waals surface area contributed by atoms with Crippen LogP contribution in [0.5, 0.6) is 5.75 Å². The summed E-state index contributed by atoms with van der Waals surface area (Å²) in [7, 11) is 1.54. The van der Waals surface area contributed by atoms with Crippen LogP contribution in [-0.4, -0.2) is 23.9 Å². The van der Waals surface area contributed by atoms with Gasteiger partial charge in [0.15, 0.2) is 5.13 Å². The van der Waals surface area contributed by atoms with Gasteiger partial charge in [-0.3, -0.25) is 9.59 Å². The third-order valence-electron chi connectivity index (χ3n) is 2.57. The van der Waals surface area contributed by atoms with Crippen LogP contribution in [0.25, 0.3) is 10.2 Å². The SMILES string of the molecule is CCC(=O)Nc1cc(OC)c2nc(NC(C)=O)sc2c1. The molecule has 0 spiro atoms. The number of nitrogens with zero attached hydrogens (tertiary/aromatic N) is 1. The monoisotopic (exact) mass is 293 g/mol. The number of nitrogens with one attached hydrogen (secondary N) is 2. The van der Waals surface area contributed by atoms with Gasteiger partial charge >= 0.3 is 0 Å². The third-order valence-corrected chi connectivity index (χ3v) is 3.49. The van der Waals surface area contributed by atoms with E-state index in [0.717, 1.165) is 4.70 Å². The number of anilines is 2. The number of carbonyl (C=O) groups is 2. The Balaban J connectivity index is 2.44. The summed E-state index contributed by atoms with van der Waals surface area (Å²) >= 11 is 1.33. The minimum atomic E-state index is -0.178. The van der Waals surface area contributed by atoms with Crippen molar-refractivity contribution in [2.75, 3.05) is 17.7 Å². The molecule has 0 bridgehead atoms. The van der Waals surface area contributed by atoms with E-state index in [1.165, 1.54) is 25.4 Å². The number of ether oxygens (including phenoxy) is 1. The van der Waals surface area contributed by atoms with Gasteiger partial charge in [0.2, 0.25) is 11.8 Å². The zero-order valence-corrected chi connectivity index (χ0v) is 12.3. The molecular weight excluding hydrogens is 278 g/mol. The van der Waals surface area contributed by atoms with Crippen molar-refractivity contribution in [3.05, 3.63) is 12.1 Å². The molecule has 2 aromatic rings. The molecule has 20 heavy (non-hydrogen) atoms. The van der Waals surface area contributed by atoms with Gasteiger partial charge in [-0.05, 0) is 6.07 Å². The molecule has 7 heteroatoms. The average molecular weight is 293 g/mol. The van der Waals surface area contributed by atoms with E-state index in [1.54, 1.807) is 13.0 Å². The van der Waals surface area contributed by atoms with E-state index in [-0.39, 0.29) is 11.8 Å². The highest BCUT2D eigenvalue weighted by atomic mass is 32.1. The molecule has 0 fully saturated rings. The molecule has 2 N–H and O–H groups in total. The minimum absolute atomic E-state index is 0.0713. The summed E-state index contributed by atoms with van der Waals surface area (Å²) in [5, 5.41) is 5.93. The van der Waals surface area contributed by atoms with Crippen LogP contribution in [0.3, 0.4) is 0 Å². The number of methoxy groups -OCH3 is 1. The maximum absolute atomic E-state index is 11.4. The Morgan fingerprint density at radius 2 is 2.10 bits per heavy atom. The molecule has 0 atom stereocenters. The normalized spacial score (nSPS) is 10.3. The first kappa shape index (κ1) is 14.3. The van der Waals surface area contributed by atoms with Crippen LogP contribution in [-0.2, 0) is 9.59 Å². The van der Waals surface area contributed by atoms with E-state index < -0.39 is 0 Å². The zero-order valence-electron chi connectivity index (χ0n) is 11.4. The van der Waals surface area contributed by atoms with Crippen molar-refractivity contribution >= 4 is 44.2 Å². The summed E-state index contributed by atoms with van der Waals surface area (Å²) in [5.74, 6) is 0.308. The average Bonchev–Trinajstić information content (AvgIpc) is 2.78. The highest BCUT2D eigenvalue weighted by Gasteiger charge is 2.12. The Morgan fingerprint density at radius 3 is 2.70 bits per heavy atom. The van der Waals surface area contributed by atoms with Crippen LogP contribution in [0, 0.1) is 0 Å². The van der Waals surface area contributed by atoms with Gasteiger partial charge in [0.05, 0.1) is 11.8 Å². The highest BCUT2D eigenvalue weighted by Crippen LogP contribution is 2.35. The number of fused-ring (bicyclic) bond motifs is 1. The summed E-state index contributed by atoms with van der Waals surface area (Å²) in [6.45, 7) is 3.21. The van der Waals surface area contributed by atoms with Crippen LogP contribution >= 0.6 is 11.3 Å². The second-order valence-corrected chi connectivity index (χ2v) is 5.16. The fraction of sp³-hybridized carbons (Fsp3) is 0.308. The van der Waals surface area contributed by atoms with Crippen molar-refractivity contribution < 1.29 is 14.3 Å². The molecule has 0 unspecified atom stereocenters. The predicted molar refractivity (Wildman–Crippen MR) is 79.4 cm³/mol. The Hall–Kier alpha value is -2.15. The summed E-state index contributed by atoms with van der Waals surface area (Å²) in [5.41, 5.74) is 1.31. The van der Waals surface area contributed by atoms with Crippen LogP contribution in [0.2, 0.25) is 0 Å². The van der Waals surface area contributed by atoms with Gasteiger partial charge in [-0.25, -0.2) is 4.98 Å². The number of amides is 2.